The van der Waals surface area contributed by atoms with E-state index in [-0.39, 0.29) is 0 Å². The maximum Gasteiger partial charge on any atom is 0.183 e. The highest BCUT2D eigenvalue weighted by Gasteiger charge is 2.08. The molecule has 0 saturated carbocycles. The van der Waals surface area contributed by atoms with Crippen molar-refractivity contribution in [2.45, 2.75) is 6.54 Å². The van der Waals surface area contributed by atoms with E-state index in [2.05, 4.69) is 33.5 Å². The van der Waals surface area contributed by atoms with E-state index >= 15 is 0 Å². The number of hydrogen-bond acceptors (Lipinski definition) is 2. The number of halogens is 1. The molecule has 1 heterocycles. The molecule has 1 aliphatic rings. The van der Waals surface area contributed by atoms with Crippen LogP contribution in [-0.2, 0) is 6.54 Å². The summed E-state index contributed by atoms with van der Waals surface area (Å²) >= 11 is 3.29. The monoisotopic (exact) mass is 209 g/mol. The Morgan fingerprint density at radius 2 is 2.27 bits per heavy atom. The molecule has 0 bridgehead atoms. The van der Waals surface area contributed by atoms with Crippen molar-refractivity contribution in [2.24, 2.45) is 4.99 Å². The molecule has 1 aliphatic heterocycles. The molecule has 0 spiro atoms. The van der Waals surface area contributed by atoms with Crippen molar-refractivity contribution in [3.05, 3.63) is 29.8 Å². The van der Waals surface area contributed by atoms with Crippen molar-refractivity contribution in [1.82, 2.24) is 3.93 Å². The van der Waals surface area contributed by atoms with Crippen LogP contribution in [0, 0.1) is 0 Å². The Hall–Kier alpha value is -0.830. The van der Waals surface area contributed by atoms with Crippen molar-refractivity contribution in [3.8, 4) is 0 Å². The Kier molecular flexibility index (Phi) is 1.66. The molecule has 0 fully saturated rings. The molecular weight excluding hydrogens is 204 g/mol. The molecule has 55 valence electrons. The highest BCUT2D eigenvalue weighted by Crippen LogP contribution is 2.24. The molecule has 0 aliphatic carbocycles. The first kappa shape index (κ1) is 6.85. The lowest BCUT2D eigenvalue weighted by molar-refractivity contribution is 0.699. The van der Waals surface area contributed by atoms with Gasteiger partial charge in [0.25, 0.3) is 0 Å². The first-order valence-electron chi connectivity index (χ1n) is 3.34. The van der Waals surface area contributed by atoms with Gasteiger partial charge < -0.3 is 0 Å². The number of nitrogens with zero attached hydrogens (tertiary/aromatic N) is 2. The van der Waals surface area contributed by atoms with Gasteiger partial charge in [0.05, 0.1) is 28.4 Å². The molecule has 0 aromatic heterocycles. The topological polar surface area (TPSA) is 15.6 Å². The van der Waals surface area contributed by atoms with Gasteiger partial charge >= 0.3 is 0 Å². The third-order valence-electron chi connectivity index (χ3n) is 1.58. The average molecular weight is 210 g/mol. The van der Waals surface area contributed by atoms with Gasteiger partial charge in [0.1, 0.15) is 0 Å². The quantitative estimate of drug-likeness (QED) is 0.600. The van der Waals surface area contributed by atoms with Gasteiger partial charge in [0, 0.05) is 0 Å². The number of benzene rings is 1. The lowest BCUT2D eigenvalue weighted by Gasteiger charge is -2.15. The summed E-state index contributed by atoms with van der Waals surface area (Å²) in [5.74, 6) is 0. The summed E-state index contributed by atoms with van der Waals surface area (Å²) in [6.07, 6.45) is 2.81. The lowest BCUT2D eigenvalue weighted by atomic mass is 10.2. The predicted octanol–water partition coefficient (Wildman–Crippen LogP) is 2.35. The summed E-state index contributed by atoms with van der Waals surface area (Å²) in [6.45, 7) is 0.833. The molecule has 0 N–H and O–H groups in total. The maximum absolute atomic E-state index is 4.10. The Morgan fingerprint density at radius 3 is 3.18 bits per heavy atom. The number of para-hydroxylation sites is 1. The van der Waals surface area contributed by atoms with Gasteiger partial charge in [0.15, 0.2) is 6.34 Å². The highest BCUT2D eigenvalue weighted by molar-refractivity contribution is 9.07. The number of aliphatic imine (C=N–C) groups is 1. The highest BCUT2D eigenvalue weighted by atomic mass is 79.9. The summed E-state index contributed by atoms with van der Waals surface area (Å²) in [6, 6.07) is 8.05. The molecule has 1 aromatic rings. The van der Waals surface area contributed by atoms with E-state index in [1.54, 1.807) is 3.93 Å². The molecular formula is C8H6BrN2. The van der Waals surface area contributed by atoms with E-state index in [4.69, 9.17) is 0 Å². The van der Waals surface area contributed by atoms with Crippen LogP contribution in [0.1, 0.15) is 5.56 Å². The van der Waals surface area contributed by atoms with Crippen LogP contribution in [-0.4, -0.2) is 10.3 Å². The van der Waals surface area contributed by atoms with E-state index in [1.807, 2.05) is 18.2 Å². The van der Waals surface area contributed by atoms with Gasteiger partial charge in [0.2, 0.25) is 0 Å². The maximum atomic E-state index is 4.10. The van der Waals surface area contributed by atoms with E-state index in [0.717, 1.165) is 12.2 Å². The molecule has 3 heteroatoms. The normalized spacial score (nSPS) is 14.8. The van der Waals surface area contributed by atoms with Crippen LogP contribution in [0.4, 0.5) is 5.69 Å². The first-order valence-corrected chi connectivity index (χ1v) is 4.05. The Balaban J connectivity index is 2.46. The third kappa shape index (κ3) is 1.28. The van der Waals surface area contributed by atoms with Crippen LogP contribution in [0.3, 0.4) is 0 Å². The van der Waals surface area contributed by atoms with Crippen LogP contribution >= 0.6 is 16.1 Å². The lowest BCUT2D eigenvalue weighted by Crippen LogP contribution is -2.11. The van der Waals surface area contributed by atoms with Crippen molar-refractivity contribution in [2.75, 3.05) is 0 Å². The zero-order valence-corrected chi connectivity index (χ0v) is 7.37. The van der Waals surface area contributed by atoms with Gasteiger partial charge in [-0.25, -0.2) is 4.99 Å². The third-order valence-corrected chi connectivity index (χ3v) is 1.99. The first-order chi connectivity index (χ1) is 5.36. The van der Waals surface area contributed by atoms with Gasteiger partial charge in [-0.1, -0.05) is 18.2 Å². The van der Waals surface area contributed by atoms with Crippen molar-refractivity contribution >= 4 is 28.2 Å². The van der Waals surface area contributed by atoms with Crippen molar-refractivity contribution < 1.29 is 0 Å². The van der Waals surface area contributed by atoms with Crippen LogP contribution in [0.2, 0.25) is 0 Å². The standard InChI is InChI=1S/C8H6BrN2/c9-11-5-7-3-1-2-4-8(7)10-6-11/h1-4H,5H2. The molecule has 2 rings (SSSR count). The summed E-state index contributed by atoms with van der Waals surface area (Å²) in [4.78, 5) is 4.10. The second kappa shape index (κ2) is 2.66. The molecule has 1 radical (unpaired) electrons. The van der Waals surface area contributed by atoms with E-state index < -0.39 is 0 Å². The Labute approximate surface area is 73.9 Å². The van der Waals surface area contributed by atoms with E-state index in [1.165, 1.54) is 5.56 Å². The fourth-order valence-electron chi connectivity index (χ4n) is 1.05. The Bertz CT molecular complexity index is 296. The van der Waals surface area contributed by atoms with Crippen molar-refractivity contribution in [1.29, 1.82) is 0 Å². The fraction of sp³-hybridized carbons (Fsp3) is 0.125. The van der Waals surface area contributed by atoms with Gasteiger partial charge in [-0.3, -0.25) is 3.93 Å². The molecule has 2 nitrogen and oxygen atoms in total. The molecule has 0 saturated heterocycles. The smallest absolute Gasteiger partial charge is 0.183 e. The van der Waals surface area contributed by atoms with Crippen molar-refractivity contribution in [3.63, 3.8) is 0 Å². The van der Waals surface area contributed by atoms with Gasteiger partial charge in [-0.15, -0.1) is 0 Å². The minimum atomic E-state index is 0.833. The van der Waals surface area contributed by atoms with Crippen LogP contribution in [0.15, 0.2) is 29.3 Å². The fourth-order valence-corrected chi connectivity index (χ4v) is 1.40. The molecule has 0 unspecified atom stereocenters. The predicted molar refractivity (Wildman–Crippen MR) is 48.0 cm³/mol. The van der Waals surface area contributed by atoms with Crippen LogP contribution < -0.4 is 0 Å². The van der Waals surface area contributed by atoms with Gasteiger partial charge in [-0.2, -0.15) is 0 Å². The largest absolute Gasteiger partial charge is 0.285 e. The molecule has 0 amide bonds. The van der Waals surface area contributed by atoms with Crippen LogP contribution in [0.5, 0.6) is 0 Å². The summed E-state index contributed by atoms with van der Waals surface area (Å²) in [5, 5.41) is 0. The number of hydrogen-bond donors (Lipinski definition) is 0. The zero-order chi connectivity index (χ0) is 7.68. The average Bonchev–Trinajstić information content (AvgIpc) is 2.04. The molecule has 0 atom stereocenters. The van der Waals surface area contributed by atoms with E-state index in [9.17, 15) is 0 Å². The second-order valence-corrected chi connectivity index (χ2v) is 3.22. The second-order valence-electron chi connectivity index (χ2n) is 2.36. The molecule has 11 heavy (non-hydrogen) atoms. The summed E-state index contributed by atoms with van der Waals surface area (Å²) < 4.78 is 1.76. The SMILES string of the molecule is BrN1[C]=Nc2ccccc2C1. The van der Waals surface area contributed by atoms with Crippen LogP contribution in [0.25, 0.3) is 0 Å². The zero-order valence-electron chi connectivity index (χ0n) is 5.79. The summed E-state index contributed by atoms with van der Waals surface area (Å²) in [5.41, 5.74) is 2.24. The number of fused-ring (bicyclic) bond motifs is 1. The summed E-state index contributed by atoms with van der Waals surface area (Å²) in [7, 11) is 0. The number of rotatable bonds is 0. The minimum Gasteiger partial charge on any atom is -0.285 e. The Morgan fingerprint density at radius 1 is 1.45 bits per heavy atom. The van der Waals surface area contributed by atoms with E-state index in [0.29, 0.717) is 0 Å². The molecule has 1 aromatic carbocycles. The van der Waals surface area contributed by atoms with Gasteiger partial charge in [-0.05, 0) is 11.6 Å². The minimum absolute atomic E-state index is 0.833.